The van der Waals surface area contributed by atoms with Gasteiger partial charge in [0.25, 0.3) is 0 Å². The van der Waals surface area contributed by atoms with Gasteiger partial charge in [-0.25, -0.2) is 0 Å². The summed E-state index contributed by atoms with van der Waals surface area (Å²) in [6.07, 6.45) is 4.81. The normalized spacial score (nSPS) is 19.3. The van der Waals surface area contributed by atoms with Crippen molar-refractivity contribution >= 4 is 23.2 Å². The molecule has 1 unspecified atom stereocenters. The Morgan fingerprint density at radius 3 is 2.56 bits per heavy atom. The highest BCUT2D eigenvalue weighted by molar-refractivity contribution is 5.96. The van der Waals surface area contributed by atoms with Crippen LogP contribution in [0.3, 0.4) is 0 Å². The zero-order valence-corrected chi connectivity index (χ0v) is 15.2. The van der Waals surface area contributed by atoms with E-state index in [0.717, 1.165) is 55.7 Å². The van der Waals surface area contributed by atoms with Crippen LogP contribution in [-0.4, -0.2) is 24.9 Å². The van der Waals surface area contributed by atoms with Crippen molar-refractivity contribution in [3.8, 4) is 0 Å². The molecule has 2 aliphatic rings. The smallest absolute Gasteiger partial charge is 0.227 e. The third-order valence-corrected chi connectivity index (χ3v) is 5.42. The molecule has 0 spiro atoms. The monoisotopic (exact) mass is 343 g/mol. The first kappa shape index (κ1) is 17.9. The van der Waals surface area contributed by atoms with Crippen molar-refractivity contribution in [1.29, 1.82) is 0 Å². The van der Waals surface area contributed by atoms with Gasteiger partial charge in [0.2, 0.25) is 11.8 Å². The molecular weight excluding hydrogens is 314 g/mol. The zero-order valence-electron chi connectivity index (χ0n) is 15.2. The third kappa shape index (κ3) is 5.05. The highest BCUT2D eigenvalue weighted by Gasteiger charge is 2.29. The van der Waals surface area contributed by atoms with Crippen molar-refractivity contribution in [3.63, 3.8) is 0 Å². The molecule has 2 fully saturated rings. The van der Waals surface area contributed by atoms with Crippen LogP contribution < -0.4 is 16.0 Å². The van der Waals surface area contributed by atoms with Gasteiger partial charge in [-0.05, 0) is 75.2 Å². The van der Waals surface area contributed by atoms with Gasteiger partial charge in [0.05, 0.1) is 0 Å². The van der Waals surface area contributed by atoms with E-state index in [-0.39, 0.29) is 17.7 Å². The molecule has 0 radical (unpaired) electrons. The quantitative estimate of drug-likeness (QED) is 0.742. The van der Waals surface area contributed by atoms with E-state index in [0.29, 0.717) is 18.3 Å². The molecule has 1 aromatic carbocycles. The molecule has 3 rings (SSSR count). The fraction of sp³-hybridized carbons (Fsp3) is 0.600. The van der Waals surface area contributed by atoms with Gasteiger partial charge in [-0.2, -0.15) is 0 Å². The Balaban J connectivity index is 1.56. The van der Waals surface area contributed by atoms with Crippen LogP contribution in [0.5, 0.6) is 0 Å². The van der Waals surface area contributed by atoms with Crippen molar-refractivity contribution in [1.82, 2.24) is 5.32 Å². The molecule has 1 aliphatic carbocycles. The van der Waals surface area contributed by atoms with Crippen LogP contribution in [0.1, 0.15) is 44.6 Å². The number of carbonyl (C=O) groups is 2. The molecule has 5 nitrogen and oxygen atoms in total. The van der Waals surface area contributed by atoms with Crippen LogP contribution in [-0.2, 0) is 9.59 Å². The number of hydrogen-bond acceptors (Lipinski definition) is 3. The van der Waals surface area contributed by atoms with Gasteiger partial charge in [0.15, 0.2) is 0 Å². The summed E-state index contributed by atoms with van der Waals surface area (Å²) in [5.41, 5.74) is 2.55. The summed E-state index contributed by atoms with van der Waals surface area (Å²) in [7, 11) is 0. The first-order valence-electron chi connectivity index (χ1n) is 9.45. The second-order valence-corrected chi connectivity index (χ2v) is 7.61. The number of hydrogen-bond donors (Lipinski definition) is 3. The van der Waals surface area contributed by atoms with Crippen molar-refractivity contribution in [2.45, 2.75) is 46.0 Å². The maximum absolute atomic E-state index is 12.5. The van der Waals surface area contributed by atoms with Gasteiger partial charge in [-0.1, -0.05) is 13.0 Å². The van der Waals surface area contributed by atoms with E-state index in [1.165, 1.54) is 0 Å². The number of anilines is 2. The number of carbonyl (C=O) groups excluding carboxylic acids is 2. The number of benzene rings is 1. The van der Waals surface area contributed by atoms with Gasteiger partial charge in [-0.15, -0.1) is 0 Å². The molecule has 25 heavy (non-hydrogen) atoms. The number of amides is 2. The van der Waals surface area contributed by atoms with E-state index < -0.39 is 0 Å². The summed E-state index contributed by atoms with van der Waals surface area (Å²) < 4.78 is 0. The summed E-state index contributed by atoms with van der Waals surface area (Å²) in [6, 6.07) is 5.69. The second-order valence-electron chi connectivity index (χ2n) is 7.61. The Kier molecular flexibility index (Phi) is 5.74. The third-order valence-electron chi connectivity index (χ3n) is 5.42. The average molecular weight is 343 g/mol. The topological polar surface area (TPSA) is 70.2 Å². The van der Waals surface area contributed by atoms with Crippen molar-refractivity contribution < 1.29 is 9.59 Å². The summed E-state index contributed by atoms with van der Waals surface area (Å²) in [5, 5.41) is 9.34. The Labute approximate surface area is 150 Å². The largest absolute Gasteiger partial charge is 0.326 e. The number of nitrogens with one attached hydrogen (secondary N) is 3. The highest BCUT2D eigenvalue weighted by Crippen LogP contribution is 2.31. The fourth-order valence-electron chi connectivity index (χ4n) is 3.50. The Morgan fingerprint density at radius 2 is 1.88 bits per heavy atom. The highest BCUT2D eigenvalue weighted by atomic mass is 16.2. The van der Waals surface area contributed by atoms with E-state index in [9.17, 15) is 9.59 Å². The van der Waals surface area contributed by atoms with E-state index in [2.05, 4.69) is 22.9 Å². The van der Waals surface area contributed by atoms with Gasteiger partial charge in [0, 0.05) is 23.7 Å². The molecule has 3 N–H and O–H groups in total. The average Bonchev–Trinajstić information content (AvgIpc) is 3.43. The van der Waals surface area contributed by atoms with Crippen LogP contribution in [0.2, 0.25) is 0 Å². The molecule has 1 aromatic rings. The summed E-state index contributed by atoms with van der Waals surface area (Å²) in [5.74, 6) is 1.32. The number of rotatable bonds is 6. The molecule has 1 aliphatic heterocycles. The van der Waals surface area contributed by atoms with Gasteiger partial charge >= 0.3 is 0 Å². The van der Waals surface area contributed by atoms with Gasteiger partial charge < -0.3 is 16.0 Å². The van der Waals surface area contributed by atoms with E-state index in [1.54, 1.807) is 0 Å². The van der Waals surface area contributed by atoms with E-state index in [4.69, 9.17) is 0 Å². The molecule has 1 saturated carbocycles. The molecule has 0 bridgehead atoms. The summed E-state index contributed by atoms with van der Waals surface area (Å²) >= 11 is 0. The van der Waals surface area contributed by atoms with Crippen LogP contribution in [0.4, 0.5) is 11.4 Å². The molecule has 1 saturated heterocycles. The Morgan fingerprint density at radius 1 is 1.16 bits per heavy atom. The minimum Gasteiger partial charge on any atom is -0.326 e. The Hall–Kier alpha value is -1.88. The van der Waals surface area contributed by atoms with Crippen LogP contribution in [0, 0.1) is 24.7 Å². The van der Waals surface area contributed by atoms with Gasteiger partial charge in [0.1, 0.15) is 0 Å². The van der Waals surface area contributed by atoms with Crippen molar-refractivity contribution in [2.75, 3.05) is 23.7 Å². The first-order valence-corrected chi connectivity index (χ1v) is 9.45. The van der Waals surface area contributed by atoms with Crippen LogP contribution >= 0.6 is 0 Å². The minimum atomic E-state index is 0.0554. The molecule has 5 heteroatoms. The molecule has 1 heterocycles. The van der Waals surface area contributed by atoms with Crippen molar-refractivity contribution in [3.05, 3.63) is 23.8 Å². The lowest BCUT2D eigenvalue weighted by molar-refractivity contribution is -0.118. The molecule has 1 atom stereocenters. The maximum Gasteiger partial charge on any atom is 0.227 e. The lowest BCUT2D eigenvalue weighted by atomic mass is 9.84. The second kappa shape index (κ2) is 8.00. The SMILES string of the molecule is Cc1ccc(NC(=O)C2CC2)cc1NC(=O)CC(C)C1CCNCC1. The van der Waals surface area contributed by atoms with Crippen LogP contribution in [0.25, 0.3) is 0 Å². The zero-order chi connectivity index (χ0) is 17.8. The molecule has 0 aromatic heterocycles. The van der Waals surface area contributed by atoms with Crippen LogP contribution in [0.15, 0.2) is 18.2 Å². The molecular formula is C20H29N3O2. The standard InChI is InChI=1S/C20H29N3O2/c1-13-3-6-17(22-20(25)16-4-5-16)12-18(13)23-19(24)11-14(2)15-7-9-21-10-8-15/h3,6,12,14-16,21H,4-5,7-11H2,1-2H3,(H,22,25)(H,23,24). The summed E-state index contributed by atoms with van der Waals surface area (Å²) in [4.78, 5) is 24.4. The molecule has 2 amide bonds. The fourth-order valence-corrected chi connectivity index (χ4v) is 3.50. The van der Waals surface area contributed by atoms with E-state index in [1.807, 2.05) is 25.1 Å². The van der Waals surface area contributed by atoms with Crippen molar-refractivity contribution in [2.24, 2.45) is 17.8 Å². The van der Waals surface area contributed by atoms with E-state index >= 15 is 0 Å². The lowest BCUT2D eigenvalue weighted by Gasteiger charge is -2.28. The number of piperidine rings is 1. The first-order chi connectivity index (χ1) is 12.0. The number of aryl methyl sites for hydroxylation is 1. The maximum atomic E-state index is 12.5. The summed E-state index contributed by atoms with van der Waals surface area (Å²) in [6.45, 7) is 6.25. The predicted molar refractivity (Wildman–Crippen MR) is 101 cm³/mol. The van der Waals surface area contributed by atoms with Gasteiger partial charge in [-0.3, -0.25) is 9.59 Å². The molecule has 136 valence electrons. The Bertz CT molecular complexity index is 634. The minimum absolute atomic E-state index is 0.0554. The predicted octanol–water partition coefficient (Wildman–Crippen LogP) is 3.31. The lowest BCUT2D eigenvalue weighted by Crippen LogP contribution is -2.32.